The molecule has 0 radical (unpaired) electrons. The van der Waals surface area contributed by atoms with Gasteiger partial charge in [-0.15, -0.1) is 0 Å². The number of unbranched alkanes of at least 4 members (excludes halogenated alkanes) is 8. The Balaban J connectivity index is 1.14. The Bertz CT molecular complexity index is 1050. The van der Waals surface area contributed by atoms with Crippen LogP contribution >= 0.6 is 0 Å². The van der Waals surface area contributed by atoms with E-state index in [0.29, 0.717) is 17.3 Å². The molecule has 0 unspecified atom stereocenters. The molecule has 0 saturated heterocycles. The largest absolute Gasteiger partial charge is 0.462 e. The summed E-state index contributed by atoms with van der Waals surface area (Å²) < 4.78 is 6.13. The van der Waals surface area contributed by atoms with Crippen molar-refractivity contribution < 1.29 is 9.53 Å². The molecule has 2 nitrogen and oxygen atoms in total. The van der Waals surface area contributed by atoms with Crippen LogP contribution in [0.25, 0.3) is 0 Å². The van der Waals surface area contributed by atoms with Crippen molar-refractivity contribution in [2.75, 3.05) is 0 Å². The smallest absolute Gasteiger partial charge is 0.306 e. The molecule has 9 atom stereocenters. The topological polar surface area (TPSA) is 26.3 Å². The van der Waals surface area contributed by atoms with E-state index in [2.05, 4.69) is 78.8 Å². The summed E-state index contributed by atoms with van der Waals surface area (Å²) in [6.45, 7) is 17.4. The standard InChI is InChI=1S/C46H78O2/c1-8-9-10-11-12-13-14-15-16-17-18-19-20-21-22-23-44(47)48-39-30-32-45(6)38(34-39)26-27-40-42-29-28-41(46(42,7)33-31-43(40)45)37(5)25-24-36(4)35(2)3/h12-13,15-16,26,35-37,39-43H,8-11,14,17-25,27-34H2,1-7H3/b13-12-,16-15-/t36-,37-,39+,40+,41-,42+,43+,45+,46-/m1/s1. The first-order chi connectivity index (χ1) is 23.1. The van der Waals surface area contributed by atoms with Crippen LogP contribution in [0.3, 0.4) is 0 Å². The molecule has 0 aromatic carbocycles. The number of esters is 1. The molecule has 4 aliphatic carbocycles. The van der Waals surface area contributed by atoms with Crippen molar-refractivity contribution in [3.8, 4) is 0 Å². The highest BCUT2D eigenvalue weighted by molar-refractivity contribution is 5.69. The second kappa shape index (κ2) is 19.3. The van der Waals surface area contributed by atoms with E-state index < -0.39 is 0 Å². The summed E-state index contributed by atoms with van der Waals surface area (Å²) in [6, 6.07) is 0. The predicted octanol–water partition coefficient (Wildman–Crippen LogP) is 14.0. The van der Waals surface area contributed by atoms with Gasteiger partial charge in [0.1, 0.15) is 6.10 Å². The lowest BCUT2D eigenvalue weighted by Gasteiger charge is -2.58. The predicted molar refractivity (Wildman–Crippen MR) is 207 cm³/mol. The van der Waals surface area contributed by atoms with Crippen LogP contribution in [0.5, 0.6) is 0 Å². The summed E-state index contributed by atoms with van der Waals surface area (Å²) in [4.78, 5) is 12.8. The average Bonchev–Trinajstić information content (AvgIpc) is 3.42. The summed E-state index contributed by atoms with van der Waals surface area (Å²) in [5.41, 5.74) is 2.50. The highest BCUT2D eigenvalue weighted by atomic mass is 16.5. The third-order valence-electron chi connectivity index (χ3n) is 14.7. The monoisotopic (exact) mass is 663 g/mol. The summed E-state index contributed by atoms with van der Waals surface area (Å²) >= 11 is 0. The maximum Gasteiger partial charge on any atom is 0.306 e. The highest BCUT2D eigenvalue weighted by Gasteiger charge is 2.59. The normalized spacial score (nSPS) is 33.0. The van der Waals surface area contributed by atoms with Crippen LogP contribution < -0.4 is 0 Å². The number of carbonyl (C=O) groups excluding carboxylic acids is 1. The first kappa shape index (κ1) is 39.5. The molecule has 0 N–H and O–H groups in total. The minimum absolute atomic E-state index is 0.0471. The van der Waals surface area contributed by atoms with Gasteiger partial charge in [-0.2, -0.15) is 0 Å². The molecule has 3 saturated carbocycles. The zero-order valence-corrected chi connectivity index (χ0v) is 32.9. The van der Waals surface area contributed by atoms with Gasteiger partial charge >= 0.3 is 5.97 Å². The second-order valence-corrected chi connectivity index (χ2v) is 18.1. The lowest BCUT2D eigenvalue weighted by Crippen LogP contribution is -2.51. The molecule has 0 heterocycles. The minimum atomic E-state index is 0.0471. The first-order valence-corrected chi connectivity index (χ1v) is 21.3. The molecule has 0 aromatic rings. The van der Waals surface area contributed by atoms with Gasteiger partial charge in [-0.05, 0) is 136 Å². The van der Waals surface area contributed by atoms with Crippen LogP contribution in [0, 0.1) is 52.3 Å². The molecule has 274 valence electrons. The van der Waals surface area contributed by atoms with Crippen molar-refractivity contribution in [1.82, 2.24) is 0 Å². The van der Waals surface area contributed by atoms with Crippen LogP contribution in [0.4, 0.5) is 0 Å². The van der Waals surface area contributed by atoms with Crippen LogP contribution in [-0.4, -0.2) is 12.1 Å². The lowest BCUT2D eigenvalue weighted by molar-refractivity contribution is -0.151. The van der Waals surface area contributed by atoms with Crippen LogP contribution in [0.2, 0.25) is 0 Å². The molecule has 4 aliphatic rings. The van der Waals surface area contributed by atoms with Crippen LogP contribution in [0.1, 0.15) is 190 Å². The number of ether oxygens (including phenoxy) is 1. The van der Waals surface area contributed by atoms with Crippen molar-refractivity contribution in [2.24, 2.45) is 52.3 Å². The Hall–Kier alpha value is -1.31. The summed E-state index contributed by atoms with van der Waals surface area (Å²) in [7, 11) is 0. The van der Waals surface area contributed by atoms with Crippen LogP contribution in [-0.2, 0) is 9.53 Å². The Labute approximate surface area is 298 Å². The first-order valence-electron chi connectivity index (χ1n) is 21.3. The lowest BCUT2D eigenvalue weighted by atomic mass is 9.47. The number of rotatable bonds is 20. The van der Waals surface area contributed by atoms with Gasteiger partial charge in [-0.3, -0.25) is 4.79 Å². The molecule has 0 amide bonds. The van der Waals surface area contributed by atoms with E-state index in [-0.39, 0.29) is 12.1 Å². The average molecular weight is 663 g/mol. The highest BCUT2D eigenvalue weighted by Crippen LogP contribution is 2.67. The molecule has 0 aromatic heterocycles. The maximum atomic E-state index is 12.8. The molecule has 0 aliphatic heterocycles. The number of hydrogen-bond acceptors (Lipinski definition) is 2. The Kier molecular flexibility index (Phi) is 15.9. The molecule has 2 heteroatoms. The van der Waals surface area contributed by atoms with Crippen molar-refractivity contribution in [1.29, 1.82) is 0 Å². The third kappa shape index (κ3) is 10.4. The molecule has 4 rings (SSSR count). The number of hydrogen-bond donors (Lipinski definition) is 0. The molecular weight excluding hydrogens is 585 g/mol. The van der Waals surface area contributed by atoms with Gasteiger partial charge in [0.15, 0.2) is 0 Å². The van der Waals surface area contributed by atoms with Gasteiger partial charge in [0, 0.05) is 12.8 Å². The van der Waals surface area contributed by atoms with Gasteiger partial charge in [0.25, 0.3) is 0 Å². The molecule has 0 spiro atoms. The van der Waals surface area contributed by atoms with Gasteiger partial charge in [0.05, 0.1) is 0 Å². The second-order valence-electron chi connectivity index (χ2n) is 18.1. The molecular formula is C46H78O2. The number of allylic oxidation sites excluding steroid dienone is 5. The Morgan fingerprint density at radius 3 is 2.27 bits per heavy atom. The zero-order valence-electron chi connectivity index (χ0n) is 32.9. The van der Waals surface area contributed by atoms with Crippen molar-refractivity contribution in [3.05, 3.63) is 36.0 Å². The fraction of sp³-hybridized carbons (Fsp3) is 0.848. The summed E-state index contributed by atoms with van der Waals surface area (Å²) in [6.07, 6.45) is 39.1. The van der Waals surface area contributed by atoms with Gasteiger partial charge in [0.2, 0.25) is 0 Å². The van der Waals surface area contributed by atoms with Gasteiger partial charge < -0.3 is 4.74 Å². The minimum Gasteiger partial charge on any atom is -0.462 e. The van der Waals surface area contributed by atoms with Crippen LogP contribution in [0.15, 0.2) is 36.0 Å². The van der Waals surface area contributed by atoms with Gasteiger partial charge in [-0.25, -0.2) is 0 Å². The molecule has 0 bridgehead atoms. The van der Waals surface area contributed by atoms with Gasteiger partial charge in [-0.1, -0.05) is 129 Å². The van der Waals surface area contributed by atoms with E-state index in [9.17, 15) is 4.79 Å². The van der Waals surface area contributed by atoms with Crippen molar-refractivity contribution in [2.45, 2.75) is 196 Å². The van der Waals surface area contributed by atoms with E-state index in [1.807, 2.05) is 0 Å². The third-order valence-corrected chi connectivity index (χ3v) is 14.7. The Morgan fingerprint density at radius 2 is 1.54 bits per heavy atom. The van der Waals surface area contributed by atoms with E-state index in [1.165, 1.54) is 103 Å². The van der Waals surface area contributed by atoms with E-state index in [1.54, 1.807) is 5.57 Å². The zero-order chi connectivity index (χ0) is 34.6. The van der Waals surface area contributed by atoms with Crippen molar-refractivity contribution >= 4 is 5.97 Å². The number of fused-ring (bicyclic) bond motifs is 5. The number of carbonyl (C=O) groups is 1. The maximum absolute atomic E-state index is 12.8. The summed E-state index contributed by atoms with van der Waals surface area (Å²) in [5, 5.41) is 0. The Morgan fingerprint density at radius 1 is 0.833 bits per heavy atom. The molecule has 48 heavy (non-hydrogen) atoms. The fourth-order valence-electron chi connectivity index (χ4n) is 11.1. The van der Waals surface area contributed by atoms with Crippen molar-refractivity contribution in [3.63, 3.8) is 0 Å². The van der Waals surface area contributed by atoms with E-state index in [4.69, 9.17) is 4.74 Å². The summed E-state index contributed by atoms with van der Waals surface area (Å²) in [5.74, 6) is 6.06. The van der Waals surface area contributed by atoms with E-state index >= 15 is 0 Å². The SMILES string of the molecule is CCCCC/C=C\C/C=C\CCCCCCCC(=O)O[C@H]1CC[C@@]2(C)C(=CC[C@H]3[C@@H]4CC[C@H]([C@H](C)CC[C@@H](C)C(C)C)[C@@]4(C)CC[C@@H]32)C1. The fourth-order valence-corrected chi connectivity index (χ4v) is 11.1. The van der Waals surface area contributed by atoms with E-state index in [0.717, 1.165) is 73.5 Å². The quantitative estimate of drug-likeness (QED) is 0.0736. The molecule has 3 fully saturated rings.